The SMILES string of the molecule is COc1ccc(OC)c(C=C[C@]23NC(=O)CCN2c2ccc(C)cc2C3(C)C)c1. The van der Waals surface area contributed by atoms with Crippen LogP contribution in [0.2, 0.25) is 0 Å². The molecule has 4 rings (SSSR count). The van der Waals surface area contributed by atoms with E-state index in [1.807, 2.05) is 24.3 Å². The zero-order chi connectivity index (χ0) is 20.8. The van der Waals surface area contributed by atoms with Gasteiger partial charge in [0.05, 0.1) is 14.2 Å². The molecule has 2 aliphatic rings. The Morgan fingerprint density at radius 3 is 2.62 bits per heavy atom. The highest BCUT2D eigenvalue weighted by Crippen LogP contribution is 2.52. The topological polar surface area (TPSA) is 50.8 Å². The molecule has 0 bridgehead atoms. The van der Waals surface area contributed by atoms with Crippen molar-refractivity contribution >= 4 is 17.7 Å². The summed E-state index contributed by atoms with van der Waals surface area (Å²) in [4.78, 5) is 14.9. The van der Waals surface area contributed by atoms with E-state index < -0.39 is 5.66 Å². The van der Waals surface area contributed by atoms with Crippen molar-refractivity contribution in [2.45, 2.75) is 38.3 Å². The minimum absolute atomic E-state index is 0.0705. The molecule has 0 radical (unpaired) electrons. The van der Waals surface area contributed by atoms with Crippen molar-refractivity contribution in [3.8, 4) is 11.5 Å². The molecular formula is C24H28N2O3. The van der Waals surface area contributed by atoms with Crippen LogP contribution in [0.4, 0.5) is 5.69 Å². The molecule has 1 saturated heterocycles. The van der Waals surface area contributed by atoms with Gasteiger partial charge in [0.1, 0.15) is 17.2 Å². The van der Waals surface area contributed by atoms with Gasteiger partial charge in [0.2, 0.25) is 5.91 Å². The Balaban J connectivity index is 1.86. The number of rotatable bonds is 4. The van der Waals surface area contributed by atoms with Gasteiger partial charge in [0.25, 0.3) is 0 Å². The van der Waals surface area contributed by atoms with E-state index in [1.165, 1.54) is 16.8 Å². The minimum Gasteiger partial charge on any atom is -0.497 e. The molecule has 0 aromatic heterocycles. The third kappa shape index (κ3) is 2.87. The summed E-state index contributed by atoms with van der Waals surface area (Å²) in [5, 5.41) is 3.31. The van der Waals surface area contributed by atoms with E-state index in [2.05, 4.69) is 55.3 Å². The number of hydrogen-bond donors (Lipinski definition) is 1. The number of ether oxygens (including phenoxy) is 2. The van der Waals surface area contributed by atoms with Crippen LogP contribution in [-0.2, 0) is 10.2 Å². The summed E-state index contributed by atoms with van der Waals surface area (Å²) in [6.07, 6.45) is 4.62. The third-order valence-corrected chi connectivity index (χ3v) is 6.33. The molecule has 0 saturated carbocycles. The molecule has 29 heavy (non-hydrogen) atoms. The van der Waals surface area contributed by atoms with Gasteiger partial charge in [-0.05, 0) is 42.8 Å². The van der Waals surface area contributed by atoms with Crippen LogP contribution in [0.15, 0.2) is 42.5 Å². The molecule has 1 fully saturated rings. The first-order chi connectivity index (χ1) is 13.8. The van der Waals surface area contributed by atoms with Gasteiger partial charge in [-0.3, -0.25) is 4.79 Å². The predicted molar refractivity (Wildman–Crippen MR) is 116 cm³/mol. The lowest BCUT2D eigenvalue weighted by atomic mass is 9.74. The largest absolute Gasteiger partial charge is 0.497 e. The number of aryl methyl sites for hydroxylation is 1. The normalized spacial score (nSPS) is 22.2. The molecule has 0 aliphatic carbocycles. The minimum atomic E-state index is -0.646. The van der Waals surface area contributed by atoms with Gasteiger partial charge in [0, 0.05) is 29.6 Å². The Labute approximate surface area is 172 Å². The molecule has 0 unspecified atom stereocenters. The van der Waals surface area contributed by atoms with E-state index in [0.29, 0.717) is 13.0 Å². The summed E-state index contributed by atoms with van der Waals surface area (Å²) in [7, 11) is 3.31. The van der Waals surface area contributed by atoms with Crippen LogP contribution in [0, 0.1) is 6.92 Å². The van der Waals surface area contributed by atoms with E-state index in [1.54, 1.807) is 14.2 Å². The van der Waals surface area contributed by atoms with Gasteiger partial charge < -0.3 is 19.7 Å². The Bertz CT molecular complexity index is 996. The number of anilines is 1. The van der Waals surface area contributed by atoms with Crippen molar-refractivity contribution in [2.75, 3.05) is 25.7 Å². The van der Waals surface area contributed by atoms with Crippen LogP contribution in [0.1, 0.15) is 37.0 Å². The first kappa shape index (κ1) is 19.4. The molecule has 5 heteroatoms. The lowest BCUT2D eigenvalue weighted by Gasteiger charge is -2.49. The Morgan fingerprint density at radius 1 is 1.10 bits per heavy atom. The summed E-state index contributed by atoms with van der Waals surface area (Å²) < 4.78 is 10.9. The molecule has 5 nitrogen and oxygen atoms in total. The smallest absolute Gasteiger partial charge is 0.223 e. The fourth-order valence-electron chi connectivity index (χ4n) is 4.65. The summed E-state index contributed by atoms with van der Waals surface area (Å²) in [5.41, 5.74) is 3.60. The second-order valence-electron chi connectivity index (χ2n) is 8.30. The van der Waals surface area contributed by atoms with Gasteiger partial charge in [-0.1, -0.05) is 37.6 Å². The molecular weight excluding hydrogens is 364 g/mol. The van der Waals surface area contributed by atoms with E-state index in [9.17, 15) is 4.79 Å². The summed E-state index contributed by atoms with van der Waals surface area (Å²) in [6.45, 7) is 7.19. The van der Waals surface area contributed by atoms with Crippen molar-refractivity contribution < 1.29 is 14.3 Å². The number of amides is 1. The van der Waals surface area contributed by atoms with Crippen molar-refractivity contribution in [2.24, 2.45) is 0 Å². The van der Waals surface area contributed by atoms with Crippen molar-refractivity contribution in [1.82, 2.24) is 5.32 Å². The molecule has 2 aromatic carbocycles. The highest BCUT2D eigenvalue weighted by Gasteiger charge is 2.57. The number of nitrogens with zero attached hydrogens (tertiary/aromatic N) is 1. The number of nitrogens with one attached hydrogen (secondary N) is 1. The van der Waals surface area contributed by atoms with Crippen LogP contribution < -0.4 is 19.7 Å². The van der Waals surface area contributed by atoms with Crippen molar-refractivity contribution in [3.63, 3.8) is 0 Å². The first-order valence-electron chi connectivity index (χ1n) is 9.93. The molecule has 152 valence electrons. The summed E-state index contributed by atoms with van der Waals surface area (Å²) >= 11 is 0. The number of methoxy groups -OCH3 is 2. The molecule has 1 amide bonds. The average Bonchev–Trinajstić information content (AvgIpc) is 2.89. The van der Waals surface area contributed by atoms with Crippen LogP contribution in [0.5, 0.6) is 11.5 Å². The quantitative estimate of drug-likeness (QED) is 0.853. The van der Waals surface area contributed by atoms with Gasteiger partial charge in [-0.25, -0.2) is 0 Å². The van der Waals surface area contributed by atoms with Gasteiger partial charge in [-0.2, -0.15) is 0 Å². The summed E-state index contributed by atoms with van der Waals surface area (Å²) in [5.74, 6) is 1.59. The zero-order valence-corrected chi connectivity index (χ0v) is 17.7. The van der Waals surface area contributed by atoms with Gasteiger partial charge >= 0.3 is 0 Å². The van der Waals surface area contributed by atoms with Crippen LogP contribution >= 0.6 is 0 Å². The first-order valence-corrected chi connectivity index (χ1v) is 9.93. The van der Waals surface area contributed by atoms with Gasteiger partial charge in [-0.15, -0.1) is 0 Å². The maximum Gasteiger partial charge on any atom is 0.223 e. The summed E-state index contributed by atoms with van der Waals surface area (Å²) in [6, 6.07) is 12.3. The molecule has 2 aromatic rings. The van der Waals surface area contributed by atoms with E-state index >= 15 is 0 Å². The number of carbonyl (C=O) groups is 1. The molecule has 1 atom stereocenters. The second-order valence-corrected chi connectivity index (χ2v) is 8.30. The molecule has 2 heterocycles. The number of benzene rings is 2. The maximum atomic E-state index is 12.5. The Kier molecular flexibility index (Phi) is 4.56. The van der Waals surface area contributed by atoms with Crippen LogP contribution in [0.25, 0.3) is 6.08 Å². The van der Waals surface area contributed by atoms with Crippen molar-refractivity contribution in [3.05, 3.63) is 59.2 Å². The fourth-order valence-corrected chi connectivity index (χ4v) is 4.65. The number of carbonyl (C=O) groups excluding carboxylic acids is 1. The lowest BCUT2D eigenvalue weighted by Crippen LogP contribution is -2.68. The average molecular weight is 392 g/mol. The van der Waals surface area contributed by atoms with E-state index in [0.717, 1.165) is 17.1 Å². The lowest BCUT2D eigenvalue weighted by molar-refractivity contribution is -0.124. The van der Waals surface area contributed by atoms with Crippen LogP contribution in [0.3, 0.4) is 0 Å². The van der Waals surface area contributed by atoms with Crippen molar-refractivity contribution in [1.29, 1.82) is 0 Å². The number of fused-ring (bicyclic) bond motifs is 3. The third-order valence-electron chi connectivity index (χ3n) is 6.33. The maximum absolute atomic E-state index is 12.5. The number of hydrogen-bond acceptors (Lipinski definition) is 4. The highest BCUT2D eigenvalue weighted by atomic mass is 16.5. The second kappa shape index (κ2) is 6.83. The highest BCUT2D eigenvalue weighted by molar-refractivity contribution is 5.85. The monoisotopic (exact) mass is 392 g/mol. The van der Waals surface area contributed by atoms with Gasteiger partial charge in [0.15, 0.2) is 0 Å². The Morgan fingerprint density at radius 2 is 1.90 bits per heavy atom. The fraction of sp³-hybridized carbons (Fsp3) is 0.375. The van der Waals surface area contributed by atoms with Crippen LogP contribution in [-0.4, -0.2) is 32.3 Å². The van der Waals surface area contributed by atoms with E-state index in [4.69, 9.17) is 9.47 Å². The molecule has 1 N–H and O–H groups in total. The standard InChI is InChI=1S/C24H28N2O3/c1-16-6-8-20-19(14-16)23(2,3)24(25-22(27)11-13-26(20)24)12-10-17-15-18(28-4)7-9-21(17)29-5/h6-10,12,14-15H,11,13H2,1-5H3,(H,25,27)/t24-/m0/s1. The zero-order valence-electron chi connectivity index (χ0n) is 17.7. The Hall–Kier alpha value is -2.95. The molecule has 0 spiro atoms. The van der Waals surface area contributed by atoms with E-state index in [-0.39, 0.29) is 11.3 Å². The predicted octanol–water partition coefficient (Wildman–Crippen LogP) is 4.04. The molecule has 2 aliphatic heterocycles.